The number of nitrogens with zero attached hydrogens (tertiary/aromatic N) is 9. The highest BCUT2D eigenvalue weighted by Crippen LogP contribution is 2.34. The SMILES string of the molecule is CN(C)C=O.Cc1nc(NC(=O)c2cccc([N+](=O)[O-])c2)sc1-c1nc(-c2ccccc2)no1.Cc1nc(NC(=O)c2cccc([N+](=O)[O-])c2)sc1-c1nc(-c2ccccc2)no1. The molecule has 3 amide bonds. The van der Waals surface area contributed by atoms with Gasteiger partial charge in [0.2, 0.25) is 18.1 Å². The summed E-state index contributed by atoms with van der Waals surface area (Å²) in [4.78, 5) is 75.1. The Morgan fingerprint density at radius 2 is 1.00 bits per heavy atom. The number of non-ortho nitro benzene ring substituents is 2. The van der Waals surface area contributed by atoms with Crippen LogP contribution in [-0.4, -0.2) is 77.3 Å². The van der Waals surface area contributed by atoms with Gasteiger partial charge in [-0.05, 0) is 26.0 Å². The van der Waals surface area contributed by atoms with Crippen molar-refractivity contribution in [3.63, 3.8) is 0 Å². The molecular weight excluding hydrogens is 855 g/mol. The summed E-state index contributed by atoms with van der Waals surface area (Å²) in [6, 6.07) is 29.8. The zero-order valence-corrected chi connectivity index (χ0v) is 35.1. The number of hydrogen-bond donors (Lipinski definition) is 2. The zero-order valence-electron chi connectivity index (χ0n) is 33.5. The standard InChI is InChI=1S/2C19H13N5O4S.C3H7NO/c2*1-11-15(18-21-16(23-28-18)12-6-3-2-4-7-12)29-19(20-11)22-17(25)13-8-5-9-14(10-13)24(26)27;1-4(2)3-5/h2*2-10H,1H3,(H,20,22,25);3H,1-2H3. The van der Waals surface area contributed by atoms with Crippen LogP contribution in [0.4, 0.5) is 21.6 Å². The van der Waals surface area contributed by atoms with Gasteiger partial charge in [-0.2, -0.15) is 9.97 Å². The van der Waals surface area contributed by atoms with Crippen LogP contribution in [0.15, 0.2) is 118 Å². The van der Waals surface area contributed by atoms with Gasteiger partial charge in [0.15, 0.2) is 10.3 Å². The third-order valence-corrected chi connectivity index (χ3v) is 10.3. The van der Waals surface area contributed by atoms with Crippen LogP contribution in [0.1, 0.15) is 32.1 Å². The molecule has 4 heterocycles. The number of benzene rings is 4. The maximum atomic E-state index is 12.4. The van der Waals surface area contributed by atoms with E-state index in [1.54, 1.807) is 27.9 Å². The first-order valence-electron chi connectivity index (χ1n) is 18.3. The van der Waals surface area contributed by atoms with Gasteiger partial charge in [0.1, 0.15) is 9.75 Å². The molecule has 63 heavy (non-hydrogen) atoms. The first-order chi connectivity index (χ1) is 30.3. The number of amides is 3. The molecule has 8 aromatic rings. The minimum atomic E-state index is -0.553. The fourth-order valence-corrected chi connectivity index (χ4v) is 6.96. The smallest absolute Gasteiger partial charge is 0.270 e. The predicted octanol–water partition coefficient (Wildman–Crippen LogP) is 8.36. The molecular formula is C41H33N11O9S2. The van der Waals surface area contributed by atoms with Crippen LogP contribution < -0.4 is 10.6 Å². The molecule has 0 aliphatic carbocycles. The van der Waals surface area contributed by atoms with Crippen LogP contribution in [0.5, 0.6) is 0 Å². The van der Waals surface area contributed by atoms with Crippen LogP contribution in [0.25, 0.3) is 44.3 Å². The summed E-state index contributed by atoms with van der Waals surface area (Å²) < 4.78 is 10.7. The highest BCUT2D eigenvalue weighted by Gasteiger charge is 2.21. The Hall–Kier alpha value is -8.37. The van der Waals surface area contributed by atoms with Crippen molar-refractivity contribution in [3.05, 3.63) is 152 Å². The maximum Gasteiger partial charge on any atom is 0.270 e. The van der Waals surface area contributed by atoms with Gasteiger partial charge in [-0.15, -0.1) is 0 Å². The molecule has 0 fully saturated rings. The number of carbonyl (C=O) groups is 3. The van der Waals surface area contributed by atoms with E-state index in [2.05, 4.69) is 40.9 Å². The number of carbonyl (C=O) groups excluding carboxylic acids is 3. The molecule has 0 saturated heterocycles. The summed E-state index contributed by atoms with van der Waals surface area (Å²) in [5.74, 6) is 0.518. The Labute approximate surface area is 364 Å². The van der Waals surface area contributed by atoms with Crippen LogP contribution >= 0.6 is 22.7 Å². The van der Waals surface area contributed by atoms with Crippen molar-refractivity contribution in [3.8, 4) is 44.3 Å². The Bertz CT molecular complexity index is 2710. The second-order valence-corrected chi connectivity index (χ2v) is 15.0. The highest BCUT2D eigenvalue weighted by atomic mass is 32.1. The quantitative estimate of drug-likeness (QED) is 0.0701. The lowest BCUT2D eigenvalue weighted by Crippen LogP contribution is -2.11. The maximum absolute atomic E-state index is 12.4. The topological polar surface area (TPSA) is 268 Å². The molecule has 0 atom stereocenters. The molecule has 0 bridgehead atoms. The predicted molar refractivity (Wildman–Crippen MR) is 233 cm³/mol. The van der Waals surface area contributed by atoms with E-state index < -0.39 is 21.7 Å². The lowest BCUT2D eigenvalue weighted by Gasteiger charge is -2.01. The number of nitrogens with one attached hydrogen (secondary N) is 2. The van der Waals surface area contributed by atoms with E-state index in [9.17, 15) is 34.6 Å². The zero-order chi connectivity index (χ0) is 45.0. The summed E-state index contributed by atoms with van der Waals surface area (Å²) in [6.07, 6.45) is 0.750. The summed E-state index contributed by atoms with van der Waals surface area (Å²) in [5, 5.41) is 35.7. The van der Waals surface area contributed by atoms with E-state index in [1.165, 1.54) is 76.1 Å². The van der Waals surface area contributed by atoms with Crippen molar-refractivity contribution in [1.82, 2.24) is 35.1 Å². The van der Waals surface area contributed by atoms with Crippen molar-refractivity contribution in [2.45, 2.75) is 13.8 Å². The minimum absolute atomic E-state index is 0.159. The molecule has 0 radical (unpaired) electrons. The Balaban J connectivity index is 0.000000190. The largest absolute Gasteiger partial charge is 0.351 e. The van der Waals surface area contributed by atoms with Gasteiger partial charge in [-0.3, -0.25) is 45.2 Å². The molecule has 0 aliphatic heterocycles. The third kappa shape index (κ3) is 11.5. The number of hydrogen-bond acceptors (Lipinski definition) is 17. The first-order valence-corrected chi connectivity index (χ1v) is 19.9. The number of thiazole rings is 2. The molecule has 22 heteroatoms. The van der Waals surface area contributed by atoms with Crippen molar-refractivity contribution in [2.75, 3.05) is 24.7 Å². The second kappa shape index (κ2) is 20.3. The summed E-state index contributed by atoms with van der Waals surface area (Å²) >= 11 is 2.36. The van der Waals surface area contributed by atoms with Crippen LogP contribution in [0, 0.1) is 34.1 Å². The van der Waals surface area contributed by atoms with E-state index in [0.717, 1.165) is 17.5 Å². The lowest BCUT2D eigenvalue weighted by atomic mass is 10.2. The van der Waals surface area contributed by atoms with Gasteiger partial charge in [0.25, 0.3) is 35.0 Å². The first kappa shape index (κ1) is 44.2. The normalized spacial score (nSPS) is 10.3. The summed E-state index contributed by atoms with van der Waals surface area (Å²) in [7, 11) is 3.38. The molecule has 318 valence electrons. The number of nitro groups is 2. The van der Waals surface area contributed by atoms with E-state index in [-0.39, 0.29) is 22.5 Å². The van der Waals surface area contributed by atoms with Gasteiger partial charge >= 0.3 is 0 Å². The minimum Gasteiger partial charge on any atom is -0.351 e. The average molecular weight is 888 g/mol. The number of rotatable bonds is 11. The van der Waals surface area contributed by atoms with E-state index >= 15 is 0 Å². The van der Waals surface area contributed by atoms with Gasteiger partial charge in [-0.25, -0.2) is 9.97 Å². The van der Waals surface area contributed by atoms with Gasteiger partial charge in [0.05, 0.1) is 21.2 Å². The van der Waals surface area contributed by atoms with Crippen molar-refractivity contribution in [1.29, 1.82) is 0 Å². The number of aryl methyl sites for hydroxylation is 2. The Kier molecular flexibility index (Phi) is 14.2. The summed E-state index contributed by atoms with van der Waals surface area (Å²) in [6.45, 7) is 3.53. The van der Waals surface area contributed by atoms with Crippen molar-refractivity contribution >= 4 is 62.5 Å². The van der Waals surface area contributed by atoms with Crippen molar-refractivity contribution in [2.24, 2.45) is 0 Å². The monoisotopic (exact) mass is 887 g/mol. The fourth-order valence-electron chi connectivity index (χ4n) is 5.20. The Morgan fingerprint density at radius 1 is 0.619 bits per heavy atom. The van der Waals surface area contributed by atoms with Crippen molar-refractivity contribution < 1.29 is 33.3 Å². The average Bonchev–Trinajstić information content (AvgIpc) is 4.12. The number of aromatic nitrogens is 6. The molecule has 0 unspecified atom stereocenters. The van der Waals surface area contributed by atoms with Crippen LogP contribution in [0.3, 0.4) is 0 Å². The lowest BCUT2D eigenvalue weighted by molar-refractivity contribution is -0.385. The summed E-state index contributed by atoms with van der Waals surface area (Å²) in [5.41, 5.74) is 2.89. The molecule has 2 N–H and O–H groups in total. The van der Waals surface area contributed by atoms with Gasteiger partial charge in [0, 0.05) is 60.6 Å². The van der Waals surface area contributed by atoms with Crippen LogP contribution in [0.2, 0.25) is 0 Å². The Morgan fingerprint density at radius 3 is 1.35 bits per heavy atom. The molecule has 0 spiro atoms. The van der Waals surface area contributed by atoms with E-state index in [1.807, 2.05) is 60.7 Å². The third-order valence-electron chi connectivity index (χ3n) is 8.19. The molecule has 4 aromatic heterocycles. The molecule has 20 nitrogen and oxygen atoms in total. The van der Waals surface area contributed by atoms with E-state index in [0.29, 0.717) is 54.8 Å². The molecule has 4 aromatic carbocycles. The second-order valence-electron chi connectivity index (χ2n) is 13.0. The van der Waals surface area contributed by atoms with Crippen LogP contribution in [-0.2, 0) is 4.79 Å². The molecule has 0 aliphatic rings. The number of nitro benzene ring substituents is 2. The molecule has 8 rings (SSSR count). The van der Waals surface area contributed by atoms with Gasteiger partial charge in [-0.1, -0.05) is 106 Å². The van der Waals surface area contributed by atoms with Gasteiger partial charge < -0.3 is 13.9 Å². The molecule has 0 saturated carbocycles. The van der Waals surface area contributed by atoms with E-state index in [4.69, 9.17) is 9.05 Å². The number of anilines is 2. The fraction of sp³-hybridized carbons (Fsp3) is 0.0976. The highest BCUT2D eigenvalue weighted by molar-refractivity contribution is 7.19.